The third-order valence-electron chi connectivity index (χ3n) is 4.64. The van der Waals surface area contributed by atoms with Crippen molar-refractivity contribution in [2.75, 3.05) is 13.1 Å². The van der Waals surface area contributed by atoms with Crippen LogP contribution >= 0.6 is 0 Å². The van der Waals surface area contributed by atoms with Crippen LogP contribution in [0.5, 0.6) is 0 Å². The molecule has 0 radical (unpaired) electrons. The summed E-state index contributed by atoms with van der Waals surface area (Å²) in [5.74, 6) is -0.265. The van der Waals surface area contributed by atoms with Crippen molar-refractivity contribution in [1.82, 2.24) is 14.2 Å². The molecule has 0 fully saturated rings. The van der Waals surface area contributed by atoms with Crippen LogP contribution < -0.4 is 5.32 Å². The van der Waals surface area contributed by atoms with E-state index in [9.17, 15) is 13.2 Å². The number of nitrogens with one attached hydrogen (secondary N) is 1. The Morgan fingerprint density at radius 1 is 1.19 bits per heavy atom. The van der Waals surface area contributed by atoms with Crippen LogP contribution in [-0.2, 0) is 23.5 Å². The predicted molar refractivity (Wildman–Crippen MR) is 107 cm³/mol. The van der Waals surface area contributed by atoms with Gasteiger partial charge in [0.05, 0.1) is 0 Å². The van der Waals surface area contributed by atoms with Crippen molar-refractivity contribution in [1.29, 1.82) is 0 Å². The third kappa shape index (κ3) is 5.20. The van der Waals surface area contributed by atoms with E-state index < -0.39 is 10.0 Å². The van der Waals surface area contributed by atoms with Crippen LogP contribution in [0.3, 0.4) is 0 Å². The minimum Gasteiger partial charge on any atom is -0.348 e. The molecule has 0 spiro atoms. The summed E-state index contributed by atoms with van der Waals surface area (Å²) in [6, 6.07) is 11.5. The van der Waals surface area contributed by atoms with Gasteiger partial charge in [-0.25, -0.2) is 8.42 Å². The Balaban J connectivity index is 2.05. The van der Waals surface area contributed by atoms with Gasteiger partial charge in [-0.1, -0.05) is 44.2 Å². The standard InChI is InChI=1S/C20H29N3O3S/c1-5-23(6-2)27(25,26)18-14-19(22(4)15-18)20(24)21-16(3)12-13-17-10-8-7-9-11-17/h7-11,14-16H,5-6,12-13H2,1-4H3,(H,21,24). The number of aryl methyl sites for hydroxylation is 2. The molecule has 6 nitrogen and oxygen atoms in total. The maximum Gasteiger partial charge on any atom is 0.268 e. The van der Waals surface area contributed by atoms with Crippen LogP contribution in [0.2, 0.25) is 0 Å². The number of hydrogen-bond acceptors (Lipinski definition) is 3. The fraction of sp³-hybridized carbons (Fsp3) is 0.450. The number of aromatic nitrogens is 1. The van der Waals surface area contributed by atoms with Crippen molar-refractivity contribution in [2.45, 2.75) is 44.6 Å². The lowest BCUT2D eigenvalue weighted by molar-refractivity contribution is 0.0930. The Morgan fingerprint density at radius 3 is 2.41 bits per heavy atom. The lowest BCUT2D eigenvalue weighted by Gasteiger charge is -2.17. The normalized spacial score (nSPS) is 12.9. The highest BCUT2D eigenvalue weighted by Gasteiger charge is 2.25. The first-order valence-electron chi connectivity index (χ1n) is 9.30. The van der Waals surface area contributed by atoms with Gasteiger partial charge in [-0.3, -0.25) is 4.79 Å². The molecule has 1 N–H and O–H groups in total. The van der Waals surface area contributed by atoms with E-state index in [4.69, 9.17) is 0 Å². The third-order valence-corrected chi connectivity index (χ3v) is 6.66. The number of carbonyl (C=O) groups is 1. The second-order valence-electron chi connectivity index (χ2n) is 6.66. The Bertz CT molecular complexity index is 856. The number of benzene rings is 1. The topological polar surface area (TPSA) is 71.4 Å². The molecule has 1 aromatic carbocycles. The monoisotopic (exact) mass is 391 g/mol. The number of nitrogens with zero attached hydrogens (tertiary/aromatic N) is 2. The Hall–Kier alpha value is -2.12. The van der Waals surface area contributed by atoms with E-state index in [2.05, 4.69) is 17.4 Å². The van der Waals surface area contributed by atoms with Gasteiger partial charge in [-0.2, -0.15) is 4.31 Å². The molecule has 0 aliphatic rings. The molecule has 0 bridgehead atoms. The number of amides is 1. The van der Waals surface area contributed by atoms with Crippen molar-refractivity contribution in [3.63, 3.8) is 0 Å². The number of rotatable bonds is 9. The Labute approximate surface area is 162 Å². The maximum atomic E-state index is 12.6. The molecule has 1 atom stereocenters. The van der Waals surface area contributed by atoms with E-state index >= 15 is 0 Å². The van der Waals surface area contributed by atoms with Gasteiger partial charge in [0.1, 0.15) is 10.6 Å². The smallest absolute Gasteiger partial charge is 0.268 e. The van der Waals surface area contributed by atoms with Gasteiger partial charge >= 0.3 is 0 Å². The van der Waals surface area contributed by atoms with Crippen LogP contribution in [0, 0.1) is 0 Å². The van der Waals surface area contributed by atoms with E-state index in [1.807, 2.05) is 25.1 Å². The molecule has 27 heavy (non-hydrogen) atoms. The zero-order chi connectivity index (χ0) is 20.0. The summed E-state index contributed by atoms with van der Waals surface area (Å²) >= 11 is 0. The molecule has 2 aromatic rings. The molecule has 1 aromatic heterocycles. The van der Waals surface area contributed by atoms with Gasteiger partial charge in [-0.15, -0.1) is 0 Å². The SMILES string of the molecule is CCN(CC)S(=O)(=O)c1cc(C(=O)NC(C)CCc2ccccc2)n(C)c1. The predicted octanol–water partition coefficient (Wildman–Crippen LogP) is 2.81. The fourth-order valence-electron chi connectivity index (χ4n) is 3.01. The molecular formula is C20H29N3O3S. The van der Waals surface area contributed by atoms with Crippen molar-refractivity contribution >= 4 is 15.9 Å². The van der Waals surface area contributed by atoms with Crippen molar-refractivity contribution < 1.29 is 13.2 Å². The lowest BCUT2D eigenvalue weighted by atomic mass is 10.1. The summed E-state index contributed by atoms with van der Waals surface area (Å²) in [4.78, 5) is 12.7. The first-order chi connectivity index (χ1) is 12.8. The van der Waals surface area contributed by atoms with E-state index in [1.54, 1.807) is 25.5 Å². The van der Waals surface area contributed by atoms with Gasteiger partial charge in [0.15, 0.2) is 0 Å². The fourth-order valence-corrected chi connectivity index (χ4v) is 4.54. The van der Waals surface area contributed by atoms with E-state index in [0.717, 1.165) is 12.8 Å². The minimum absolute atomic E-state index is 0.0181. The molecule has 148 valence electrons. The van der Waals surface area contributed by atoms with Gasteiger partial charge < -0.3 is 9.88 Å². The molecular weight excluding hydrogens is 362 g/mol. The number of sulfonamides is 1. The van der Waals surface area contributed by atoms with Gasteiger partial charge in [0, 0.05) is 32.4 Å². The summed E-state index contributed by atoms with van der Waals surface area (Å²) < 4.78 is 28.2. The van der Waals surface area contributed by atoms with Crippen molar-refractivity contribution in [3.8, 4) is 0 Å². The van der Waals surface area contributed by atoms with Crippen LogP contribution in [0.4, 0.5) is 0 Å². The van der Waals surface area contributed by atoms with E-state index in [0.29, 0.717) is 18.8 Å². The maximum absolute atomic E-state index is 12.6. The summed E-state index contributed by atoms with van der Waals surface area (Å²) in [6.45, 7) is 6.34. The zero-order valence-electron chi connectivity index (χ0n) is 16.5. The van der Waals surface area contributed by atoms with Crippen molar-refractivity contribution in [2.24, 2.45) is 7.05 Å². The summed E-state index contributed by atoms with van der Waals surface area (Å²) in [5, 5.41) is 2.96. The average Bonchev–Trinajstić information content (AvgIpc) is 3.04. The molecule has 2 rings (SSSR count). The number of carbonyl (C=O) groups excluding carboxylic acids is 1. The molecule has 0 saturated carbocycles. The molecule has 1 unspecified atom stereocenters. The van der Waals surface area contributed by atoms with Gasteiger partial charge in [-0.05, 0) is 31.4 Å². The zero-order valence-corrected chi connectivity index (χ0v) is 17.3. The Kier molecular flexibility index (Phi) is 7.21. The van der Waals surface area contributed by atoms with Crippen LogP contribution in [0.25, 0.3) is 0 Å². The van der Waals surface area contributed by atoms with E-state index in [1.165, 1.54) is 22.1 Å². The quantitative estimate of drug-likeness (QED) is 0.714. The molecule has 1 amide bonds. The minimum atomic E-state index is -3.58. The van der Waals surface area contributed by atoms with Gasteiger partial charge in [0.25, 0.3) is 5.91 Å². The molecule has 0 saturated heterocycles. The highest BCUT2D eigenvalue weighted by molar-refractivity contribution is 7.89. The molecule has 0 aliphatic carbocycles. The highest BCUT2D eigenvalue weighted by Crippen LogP contribution is 2.18. The van der Waals surface area contributed by atoms with Gasteiger partial charge in [0.2, 0.25) is 10.0 Å². The van der Waals surface area contributed by atoms with E-state index in [-0.39, 0.29) is 16.8 Å². The molecule has 7 heteroatoms. The Morgan fingerprint density at radius 2 is 1.81 bits per heavy atom. The first-order valence-corrected chi connectivity index (χ1v) is 10.7. The highest BCUT2D eigenvalue weighted by atomic mass is 32.2. The second-order valence-corrected chi connectivity index (χ2v) is 8.60. The number of hydrogen-bond donors (Lipinski definition) is 1. The van der Waals surface area contributed by atoms with Crippen LogP contribution in [0.1, 0.15) is 43.2 Å². The largest absolute Gasteiger partial charge is 0.348 e. The van der Waals surface area contributed by atoms with Crippen molar-refractivity contribution in [3.05, 3.63) is 53.9 Å². The second kappa shape index (κ2) is 9.19. The molecule has 0 aliphatic heterocycles. The average molecular weight is 392 g/mol. The summed E-state index contributed by atoms with van der Waals surface area (Å²) in [6.07, 6.45) is 3.18. The van der Waals surface area contributed by atoms with Crippen LogP contribution in [-0.4, -0.2) is 42.3 Å². The molecule has 1 heterocycles. The lowest BCUT2D eigenvalue weighted by Crippen LogP contribution is -2.34. The summed E-state index contributed by atoms with van der Waals surface area (Å²) in [5.41, 5.74) is 1.57. The van der Waals surface area contributed by atoms with Crippen LogP contribution in [0.15, 0.2) is 47.5 Å². The summed E-state index contributed by atoms with van der Waals surface area (Å²) in [7, 11) is -1.89. The first kappa shape index (κ1) is 21.2.